The topological polar surface area (TPSA) is 80.5 Å². The molecule has 9 heteroatoms. The van der Waals surface area contributed by atoms with Crippen molar-refractivity contribution in [3.8, 4) is 0 Å². The molecule has 0 radical (unpaired) electrons. The minimum atomic E-state index is -3.91. The Balaban J connectivity index is 2.39. The third-order valence-electron chi connectivity index (χ3n) is 3.48. The fourth-order valence-corrected chi connectivity index (χ4v) is 3.98. The molecule has 6 nitrogen and oxygen atoms in total. The maximum atomic E-state index is 12.7. The van der Waals surface area contributed by atoms with E-state index in [1.165, 1.54) is 25.2 Å². The summed E-state index contributed by atoms with van der Waals surface area (Å²) in [6.07, 6.45) is 0. The van der Waals surface area contributed by atoms with E-state index in [2.05, 4.69) is 0 Å². The van der Waals surface area contributed by atoms with Crippen molar-refractivity contribution in [3.63, 3.8) is 0 Å². The van der Waals surface area contributed by atoms with E-state index >= 15 is 0 Å². The minimum absolute atomic E-state index is 0.0144. The number of hydrogen-bond acceptors (Lipinski definition) is 4. The highest BCUT2D eigenvalue weighted by Crippen LogP contribution is 2.27. The Morgan fingerprint density at radius 3 is 2.42 bits per heavy atom. The molecule has 24 heavy (non-hydrogen) atoms. The van der Waals surface area contributed by atoms with Crippen molar-refractivity contribution in [1.82, 2.24) is 4.31 Å². The van der Waals surface area contributed by atoms with Gasteiger partial charge in [-0.05, 0) is 30.2 Å². The molecule has 0 N–H and O–H groups in total. The summed E-state index contributed by atoms with van der Waals surface area (Å²) in [7, 11) is -2.53. The van der Waals surface area contributed by atoms with Crippen LogP contribution in [0.25, 0.3) is 0 Å². The van der Waals surface area contributed by atoms with E-state index in [9.17, 15) is 18.5 Å². The maximum absolute atomic E-state index is 12.7. The first-order chi connectivity index (χ1) is 11.1. The molecule has 0 aliphatic carbocycles. The molecule has 0 heterocycles. The van der Waals surface area contributed by atoms with Crippen LogP contribution < -0.4 is 0 Å². The van der Waals surface area contributed by atoms with Gasteiger partial charge in [0.25, 0.3) is 5.69 Å². The van der Waals surface area contributed by atoms with Gasteiger partial charge in [-0.15, -0.1) is 0 Å². The molecule has 0 saturated heterocycles. The first kappa shape index (κ1) is 18.7. The third kappa shape index (κ3) is 3.87. The number of sulfonamides is 1. The lowest BCUT2D eigenvalue weighted by Crippen LogP contribution is -2.27. The second-order valence-electron chi connectivity index (χ2n) is 5.20. The van der Waals surface area contributed by atoms with Gasteiger partial charge in [-0.2, -0.15) is 4.31 Å². The molecule has 2 rings (SSSR count). The van der Waals surface area contributed by atoms with Gasteiger partial charge < -0.3 is 0 Å². The number of nitro benzene ring substituents is 1. The van der Waals surface area contributed by atoms with Gasteiger partial charge in [0, 0.05) is 35.8 Å². The van der Waals surface area contributed by atoms with Gasteiger partial charge in [0.05, 0.1) is 9.82 Å². The summed E-state index contributed by atoms with van der Waals surface area (Å²) in [5.74, 6) is 0. The molecular formula is C15H14Cl2N2O4S. The standard InChI is InChI=1S/C15H14Cl2N2O4S/c1-10-3-6-13(19(20)21)8-15(10)24(22,23)18(2)9-11-4-5-12(16)7-14(11)17/h3-8H,9H2,1-2H3. The van der Waals surface area contributed by atoms with Crippen molar-refractivity contribution >= 4 is 38.9 Å². The molecule has 2 aromatic carbocycles. The van der Waals surface area contributed by atoms with Crippen LogP contribution in [0.1, 0.15) is 11.1 Å². The normalized spacial score (nSPS) is 11.7. The Hall–Kier alpha value is -1.67. The zero-order valence-electron chi connectivity index (χ0n) is 12.9. The van der Waals surface area contributed by atoms with E-state index in [-0.39, 0.29) is 17.1 Å². The van der Waals surface area contributed by atoms with Crippen LogP contribution in [-0.2, 0) is 16.6 Å². The number of benzene rings is 2. The van der Waals surface area contributed by atoms with Gasteiger partial charge in [0.15, 0.2) is 0 Å². The van der Waals surface area contributed by atoms with Crippen LogP contribution in [-0.4, -0.2) is 24.7 Å². The van der Waals surface area contributed by atoms with Crippen LogP contribution in [0.15, 0.2) is 41.3 Å². The van der Waals surface area contributed by atoms with Crippen molar-refractivity contribution in [2.45, 2.75) is 18.4 Å². The average molecular weight is 389 g/mol. The Labute approximate surface area is 149 Å². The lowest BCUT2D eigenvalue weighted by Gasteiger charge is -2.19. The molecule has 128 valence electrons. The molecule has 0 amide bonds. The number of rotatable bonds is 5. The van der Waals surface area contributed by atoms with Crippen molar-refractivity contribution in [1.29, 1.82) is 0 Å². The van der Waals surface area contributed by atoms with Crippen LogP contribution in [0.2, 0.25) is 10.0 Å². The van der Waals surface area contributed by atoms with E-state index in [0.29, 0.717) is 21.2 Å². The zero-order valence-corrected chi connectivity index (χ0v) is 15.2. The van der Waals surface area contributed by atoms with E-state index in [4.69, 9.17) is 23.2 Å². The van der Waals surface area contributed by atoms with Gasteiger partial charge in [-0.3, -0.25) is 10.1 Å². The highest BCUT2D eigenvalue weighted by molar-refractivity contribution is 7.89. The number of aryl methyl sites for hydroxylation is 1. The predicted octanol–water partition coefficient (Wildman–Crippen LogP) is 4.03. The van der Waals surface area contributed by atoms with Crippen LogP contribution >= 0.6 is 23.2 Å². The van der Waals surface area contributed by atoms with E-state index in [1.54, 1.807) is 19.1 Å². The lowest BCUT2D eigenvalue weighted by atomic mass is 10.2. The van der Waals surface area contributed by atoms with Crippen molar-refractivity contribution in [2.75, 3.05) is 7.05 Å². The first-order valence-electron chi connectivity index (χ1n) is 6.78. The predicted molar refractivity (Wildman–Crippen MR) is 92.9 cm³/mol. The highest BCUT2D eigenvalue weighted by atomic mass is 35.5. The number of nitro groups is 1. The largest absolute Gasteiger partial charge is 0.270 e. The Bertz CT molecular complexity index is 900. The fraction of sp³-hybridized carbons (Fsp3) is 0.200. The van der Waals surface area contributed by atoms with Crippen LogP contribution in [0.3, 0.4) is 0 Å². The van der Waals surface area contributed by atoms with Crippen molar-refractivity contribution < 1.29 is 13.3 Å². The molecular weight excluding hydrogens is 375 g/mol. The molecule has 2 aromatic rings. The molecule has 0 aliphatic rings. The van der Waals surface area contributed by atoms with Gasteiger partial charge in [0.2, 0.25) is 10.0 Å². The van der Waals surface area contributed by atoms with Gasteiger partial charge in [-0.1, -0.05) is 35.3 Å². The van der Waals surface area contributed by atoms with Crippen LogP contribution in [0, 0.1) is 17.0 Å². The van der Waals surface area contributed by atoms with Crippen LogP contribution in [0.5, 0.6) is 0 Å². The monoisotopic (exact) mass is 388 g/mol. The lowest BCUT2D eigenvalue weighted by molar-refractivity contribution is -0.385. The second kappa shape index (κ2) is 7.06. The molecule has 0 fully saturated rings. The van der Waals surface area contributed by atoms with Crippen molar-refractivity contribution in [3.05, 3.63) is 67.7 Å². The summed E-state index contributed by atoms with van der Waals surface area (Å²) in [6, 6.07) is 8.51. The molecule has 0 spiro atoms. The summed E-state index contributed by atoms with van der Waals surface area (Å²) in [4.78, 5) is 10.2. The molecule has 0 atom stereocenters. The minimum Gasteiger partial charge on any atom is -0.258 e. The molecule has 0 bridgehead atoms. The summed E-state index contributed by atoms with van der Waals surface area (Å²) in [6.45, 7) is 1.60. The molecule has 0 aliphatic heterocycles. The Morgan fingerprint density at radius 1 is 1.17 bits per heavy atom. The smallest absolute Gasteiger partial charge is 0.258 e. The summed E-state index contributed by atoms with van der Waals surface area (Å²) < 4.78 is 26.6. The first-order valence-corrected chi connectivity index (χ1v) is 8.98. The summed E-state index contributed by atoms with van der Waals surface area (Å²) in [5.41, 5.74) is 0.724. The Kier molecular flexibility index (Phi) is 5.49. The summed E-state index contributed by atoms with van der Waals surface area (Å²) >= 11 is 11.9. The number of hydrogen-bond donors (Lipinski definition) is 0. The second-order valence-corrected chi connectivity index (χ2v) is 8.06. The third-order valence-corrected chi connectivity index (χ3v) is 6.01. The quantitative estimate of drug-likeness (QED) is 0.571. The zero-order chi connectivity index (χ0) is 18.1. The van der Waals surface area contributed by atoms with E-state index in [1.807, 2.05) is 0 Å². The SMILES string of the molecule is Cc1ccc([N+](=O)[O-])cc1S(=O)(=O)N(C)Cc1ccc(Cl)cc1Cl. The highest BCUT2D eigenvalue weighted by Gasteiger charge is 2.25. The molecule has 0 saturated carbocycles. The number of halogens is 2. The van der Waals surface area contributed by atoms with Crippen molar-refractivity contribution in [2.24, 2.45) is 0 Å². The maximum Gasteiger partial charge on any atom is 0.270 e. The average Bonchev–Trinajstić information content (AvgIpc) is 2.49. The van der Waals surface area contributed by atoms with Gasteiger partial charge in [0.1, 0.15) is 0 Å². The molecule has 0 unspecified atom stereocenters. The Morgan fingerprint density at radius 2 is 1.83 bits per heavy atom. The summed E-state index contributed by atoms with van der Waals surface area (Å²) in [5, 5.41) is 11.7. The number of nitrogens with zero attached hydrogens (tertiary/aromatic N) is 2. The molecule has 0 aromatic heterocycles. The van der Waals surface area contributed by atoms with Gasteiger partial charge in [-0.25, -0.2) is 8.42 Å². The van der Waals surface area contributed by atoms with Crippen LogP contribution in [0.4, 0.5) is 5.69 Å². The van der Waals surface area contributed by atoms with E-state index < -0.39 is 14.9 Å². The van der Waals surface area contributed by atoms with E-state index in [0.717, 1.165) is 10.4 Å². The van der Waals surface area contributed by atoms with Gasteiger partial charge >= 0.3 is 0 Å². The number of non-ortho nitro benzene ring substituents is 1. The fourth-order valence-electron chi connectivity index (χ4n) is 2.12.